The number of hydrogen-bond acceptors (Lipinski definition) is 2. The molecule has 0 amide bonds. The van der Waals surface area contributed by atoms with Crippen molar-refractivity contribution in [1.82, 2.24) is 19.1 Å². The van der Waals surface area contributed by atoms with E-state index >= 15 is 0 Å². The first-order valence-electron chi connectivity index (χ1n) is 21.1. The zero-order chi connectivity index (χ0) is 39.3. The van der Waals surface area contributed by atoms with Crippen LogP contribution in [-0.2, 0) is 19.3 Å². The maximum absolute atomic E-state index is 5.53. The Labute approximate surface area is 347 Å². The number of allylic oxidation sites excluding steroid dienone is 1. The van der Waals surface area contributed by atoms with Gasteiger partial charge in [-0.25, -0.2) is 9.97 Å². The van der Waals surface area contributed by atoms with Gasteiger partial charge in [-0.2, -0.15) is 0 Å². The molecule has 0 spiro atoms. The Morgan fingerprint density at radius 3 is 2.10 bits per heavy atom. The van der Waals surface area contributed by atoms with Crippen LogP contribution in [0.3, 0.4) is 0 Å². The maximum atomic E-state index is 5.53. The van der Waals surface area contributed by atoms with Crippen LogP contribution in [0, 0.1) is 0 Å². The normalized spacial score (nSPS) is 13.3. The summed E-state index contributed by atoms with van der Waals surface area (Å²) in [6.45, 7) is 0. The lowest BCUT2D eigenvalue weighted by molar-refractivity contribution is 0.860. The van der Waals surface area contributed by atoms with E-state index in [1.807, 2.05) is 6.07 Å². The van der Waals surface area contributed by atoms with Gasteiger partial charge in [-0.05, 0) is 107 Å². The van der Waals surface area contributed by atoms with Crippen LogP contribution >= 0.6 is 0 Å². The van der Waals surface area contributed by atoms with Crippen molar-refractivity contribution in [3.05, 3.63) is 198 Å². The molecule has 11 aromatic rings. The summed E-state index contributed by atoms with van der Waals surface area (Å²) in [5.41, 5.74) is 19.2. The molecule has 0 saturated heterocycles. The highest BCUT2D eigenvalue weighted by molar-refractivity contribution is 6.17. The first-order chi connectivity index (χ1) is 29.8. The summed E-state index contributed by atoms with van der Waals surface area (Å²) >= 11 is 0. The van der Waals surface area contributed by atoms with E-state index in [-0.39, 0.29) is 0 Å². The Kier molecular flexibility index (Phi) is 7.23. The van der Waals surface area contributed by atoms with E-state index in [9.17, 15) is 0 Å². The van der Waals surface area contributed by atoms with Gasteiger partial charge in [0.1, 0.15) is 5.69 Å². The van der Waals surface area contributed by atoms with E-state index in [0.717, 1.165) is 70.4 Å². The number of rotatable bonds is 4. The highest BCUT2D eigenvalue weighted by Crippen LogP contribution is 2.49. The number of aromatic nitrogens is 4. The van der Waals surface area contributed by atoms with Crippen molar-refractivity contribution in [2.45, 2.75) is 25.7 Å². The minimum Gasteiger partial charge on any atom is -0.312 e. The van der Waals surface area contributed by atoms with Crippen LogP contribution < -0.4 is 0 Å². The topological polar surface area (TPSA) is 35.6 Å². The van der Waals surface area contributed by atoms with Gasteiger partial charge in [0, 0.05) is 38.4 Å². The fraction of sp³-hybridized carbons (Fsp3) is 0.0714. The van der Waals surface area contributed by atoms with Gasteiger partial charge in [-0.15, -0.1) is 0 Å². The van der Waals surface area contributed by atoms with Gasteiger partial charge in [0.05, 0.1) is 33.3 Å². The smallest absolute Gasteiger partial charge is 0.165 e. The molecule has 0 saturated carbocycles. The van der Waals surface area contributed by atoms with E-state index in [0.29, 0.717) is 0 Å². The van der Waals surface area contributed by atoms with Crippen LogP contribution in [0.5, 0.6) is 0 Å². The van der Waals surface area contributed by atoms with E-state index in [1.54, 1.807) is 0 Å². The third-order valence-corrected chi connectivity index (χ3v) is 13.0. The largest absolute Gasteiger partial charge is 0.312 e. The second kappa shape index (κ2) is 13.0. The van der Waals surface area contributed by atoms with Crippen LogP contribution in [0.25, 0.3) is 106 Å². The zero-order valence-corrected chi connectivity index (χ0v) is 32.9. The van der Waals surface area contributed by atoms with Crippen molar-refractivity contribution >= 4 is 60.6 Å². The Balaban J connectivity index is 1.17. The van der Waals surface area contributed by atoms with Crippen LogP contribution in [0.1, 0.15) is 28.8 Å². The second-order valence-electron chi connectivity index (χ2n) is 16.3. The molecule has 60 heavy (non-hydrogen) atoms. The molecule has 2 aliphatic carbocycles. The fourth-order valence-corrected chi connectivity index (χ4v) is 10.4. The first-order valence-corrected chi connectivity index (χ1v) is 21.1. The molecule has 8 aromatic carbocycles. The van der Waals surface area contributed by atoms with E-state index < -0.39 is 0 Å². The highest BCUT2D eigenvalue weighted by Gasteiger charge is 2.30. The summed E-state index contributed by atoms with van der Waals surface area (Å²) in [7, 11) is 0. The summed E-state index contributed by atoms with van der Waals surface area (Å²) in [5.74, 6) is 0.823. The molecule has 4 heteroatoms. The molecule has 4 nitrogen and oxygen atoms in total. The number of para-hydroxylation sites is 3. The number of hydrogen-bond donors (Lipinski definition) is 0. The van der Waals surface area contributed by atoms with Gasteiger partial charge in [-0.1, -0.05) is 140 Å². The molecule has 0 fully saturated rings. The van der Waals surface area contributed by atoms with E-state index in [4.69, 9.17) is 9.97 Å². The number of fused-ring (bicyclic) bond motifs is 12. The van der Waals surface area contributed by atoms with Gasteiger partial charge < -0.3 is 4.57 Å². The SMILES string of the molecule is C1=Cc2ccc3c(c2CC1)-c1c(n(-c2cccc4ccccc24)c2cc4c(cc12)c1ccccc1n4-c1nc2ccccc2nc1-c1cccc(-c2ccccc2)c1)CC3. The highest BCUT2D eigenvalue weighted by atomic mass is 15.1. The molecule has 13 rings (SSSR count). The van der Waals surface area contributed by atoms with Crippen LogP contribution in [0.2, 0.25) is 0 Å². The minimum atomic E-state index is 0.823. The molecule has 0 aliphatic heterocycles. The average Bonchev–Trinajstić information content (AvgIpc) is 3.82. The number of nitrogens with zero attached hydrogens (tertiary/aromatic N) is 4. The van der Waals surface area contributed by atoms with Gasteiger partial charge in [-0.3, -0.25) is 4.57 Å². The summed E-state index contributed by atoms with van der Waals surface area (Å²) in [5, 5.41) is 6.22. The van der Waals surface area contributed by atoms with Crippen molar-refractivity contribution < 1.29 is 0 Å². The van der Waals surface area contributed by atoms with Crippen molar-refractivity contribution in [3.8, 4) is 45.0 Å². The van der Waals surface area contributed by atoms with Crippen LogP contribution in [0.4, 0.5) is 0 Å². The quantitative estimate of drug-likeness (QED) is 0.179. The average molecular weight is 767 g/mol. The minimum absolute atomic E-state index is 0.823. The fourth-order valence-electron chi connectivity index (χ4n) is 10.4. The molecule has 0 atom stereocenters. The van der Waals surface area contributed by atoms with Crippen LogP contribution in [-0.4, -0.2) is 19.1 Å². The summed E-state index contributed by atoms with van der Waals surface area (Å²) < 4.78 is 4.99. The van der Waals surface area contributed by atoms with E-state index in [1.165, 1.54) is 77.2 Å². The van der Waals surface area contributed by atoms with Crippen LogP contribution in [0.15, 0.2) is 176 Å². The van der Waals surface area contributed by atoms with Gasteiger partial charge >= 0.3 is 0 Å². The Morgan fingerprint density at radius 2 is 1.18 bits per heavy atom. The molecular weight excluding hydrogens is 729 g/mol. The van der Waals surface area contributed by atoms with Gasteiger partial charge in [0.25, 0.3) is 0 Å². The number of benzene rings is 8. The zero-order valence-electron chi connectivity index (χ0n) is 32.9. The molecule has 0 unspecified atom stereocenters. The molecule has 0 radical (unpaired) electrons. The molecule has 0 N–H and O–H groups in total. The lowest BCUT2D eigenvalue weighted by atomic mass is 9.80. The maximum Gasteiger partial charge on any atom is 0.165 e. The standard InChI is InChI=1S/C56H38N4/c1-2-14-35(15-3-1)39-19-12-20-40(32-39)55-56(58-47-25-10-9-24-46(47)57-55)60-49-26-11-8-23-43(49)44-33-45-52(34-51(44)60)59(48-27-13-18-36-16-4-6-21-41(36)48)50-31-30-38-29-28-37-17-5-7-22-42(37)53(38)54(45)50/h1-6,8-21,23-29,32-34H,7,22,30-31H2. The lowest BCUT2D eigenvalue weighted by Crippen LogP contribution is -2.11. The Hall–Kier alpha value is -7.56. The predicted molar refractivity (Wildman–Crippen MR) is 249 cm³/mol. The molecular formula is C56H38N4. The Morgan fingerprint density at radius 1 is 0.450 bits per heavy atom. The molecule has 3 aromatic heterocycles. The van der Waals surface area contributed by atoms with Crippen molar-refractivity contribution in [2.24, 2.45) is 0 Å². The summed E-state index contributed by atoms with van der Waals surface area (Å²) in [4.78, 5) is 11.0. The van der Waals surface area contributed by atoms with Crippen molar-refractivity contribution in [2.75, 3.05) is 0 Å². The lowest BCUT2D eigenvalue weighted by Gasteiger charge is -2.25. The number of aryl methyl sites for hydroxylation is 1. The third kappa shape index (κ3) is 4.91. The van der Waals surface area contributed by atoms with E-state index in [2.05, 4.69) is 185 Å². The van der Waals surface area contributed by atoms with Crippen molar-refractivity contribution in [1.29, 1.82) is 0 Å². The Bertz CT molecular complexity index is 3600. The second-order valence-corrected chi connectivity index (χ2v) is 16.3. The predicted octanol–water partition coefficient (Wildman–Crippen LogP) is 13.9. The summed E-state index contributed by atoms with van der Waals surface area (Å²) in [6.07, 6.45) is 8.79. The summed E-state index contributed by atoms with van der Waals surface area (Å²) in [6, 6.07) is 61.7. The van der Waals surface area contributed by atoms with Gasteiger partial charge in [0.2, 0.25) is 0 Å². The monoisotopic (exact) mass is 766 g/mol. The third-order valence-electron chi connectivity index (χ3n) is 13.0. The molecule has 2 aliphatic rings. The van der Waals surface area contributed by atoms with Gasteiger partial charge in [0.15, 0.2) is 5.82 Å². The van der Waals surface area contributed by atoms with Crippen molar-refractivity contribution in [3.63, 3.8) is 0 Å². The molecule has 3 heterocycles. The molecule has 0 bridgehead atoms. The first kappa shape index (κ1) is 33.4. The molecule has 282 valence electrons.